The summed E-state index contributed by atoms with van der Waals surface area (Å²) < 4.78 is 23.2. The Kier molecular flexibility index (Phi) is 4.14. The minimum absolute atomic E-state index is 0.106. The summed E-state index contributed by atoms with van der Waals surface area (Å²) in [5.41, 5.74) is 0. The number of hydrogen-bond donors (Lipinski definition) is 1. The van der Waals surface area contributed by atoms with Crippen LogP contribution in [0.4, 0.5) is 0 Å². The van der Waals surface area contributed by atoms with Crippen LogP contribution in [0, 0.1) is 5.92 Å². The summed E-state index contributed by atoms with van der Waals surface area (Å²) in [7, 11) is -2.85. The lowest BCUT2D eigenvalue weighted by molar-refractivity contribution is 0.309. The lowest BCUT2D eigenvalue weighted by atomic mass is 9.93. The van der Waals surface area contributed by atoms with Crippen LogP contribution in [0.2, 0.25) is 0 Å². The monoisotopic (exact) mass is 259 g/mol. The van der Waals surface area contributed by atoms with Gasteiger partial charge in [0.2, 0.25) is 0 Å². The Labute approximate surface area is 105 Å². The first-order valence-electron chi connectivity index (χ1n) is 6.91. The van der Waals surface area contributed by atoms with Gasteiger partial charge in [0, 0.05) is 18.3 Å². The quantitative estimate of drug-likeness (QED) is 0.844. The molecule has 0 aromatic rings. The van der Waals surface area contributed by atoms with Crippen molar-refractivity contribution in [3.63, 3.8) is 0 Å². The first-order chi connectivity index (χ1) is 7.97. The Balaban J connectivity index is 1.89. The van der Waals surface area contributed by atoms with Crippen molar-refractivity contribution < 1.29 is 8.42 Å². The highest BCUT2D eigenvalue weighted by molar-refractivity contribution is 7.91. The second-order valence-corrected chi connectivity index (χ2v) is 8.32. The molecule has 0 aliphatic heterocycles. The SMILES string of the molecule is CC1CCCC1NC1CCCC(S(C)(=O)=O)C1. The molecule has 0 saturated heterocycles. The molecule has 2 fully saturated rings. The summed E-state index contributed by atoms with van der Waals surface area (Å²) >= 11 is 0. The number of nitrogens with one attached hydrogen (secondary N) is 1. The molecule has 0 aromatic heterocycles. The van der Waals surface area contributed by atoms with E-state index in [-0.39, 0.29) is 5.25 Å². The van der Waals surface area contributed by atoms with E-state index in [1.807, 2.05) is 0 Å². The zero-order valence-electron chi connectivity index (χ0n) is 11.0. The van der Waals surface area contributed by atoms with Crippen LogP contribution in [-0.4, -0.2) is 32.0 Å². The number of rotatable bonds is 3. The maximum atomic E-state index is 11.6. The molecule has 4 atom stereocenters. The van der Waals surface area contributed by atoms with Gasteiger partial charge in [0.05, 0.1) is 5.25 Å². The van der Waals surface area contributed by atoms with Crippen molar-refractivity contribution in [1.82, 2.24) is 5.32 Å². The van der Waals surface area contributed by atoms with Crippen LogP contribution in [0.3, 0.4) is 0 Å². The molecule has 4 unspecified atom stereocenters. The molecule has 2 aliphatic rings. The number of sulfone groups is 1. The Bertz CT molecular complexity index is 352. The van der Waals surface area contributed by atoms with Crippen LogP contribution in [0.5, 0.6) is 0 Å². The molecule has 0 amide bonds. The van der Waals surface area contributed by atoms with Gasteiger partial charge in [0.25, 0.3) is 0 Å². The van der Waals surface area contributed by atoms with Crippen molar-refractivity contribution in [2.24, 2.45) is 5.92 Å². The normalized spacial score (nSPS) is 39.4. The molecule has 0 spiro atoms. The minimum Gasteiger partial charge on any atom is -0.311 e. The molecule has 0 radical (unpaired) electrons. The zero-order valence-corrected chi connectivity index (χ0v) is 11.8. The lowest BCUT2D eigenvalue weighted by Gasteiger charge is -2.32. The van der Waals surface area contributed by atoms with E-state index >= 15 is 0 Å². The van der Waals surface area contributed by atoms with Crippen molar-refractivity contribution >= 4 is 9.84 Å². The van der Waals surface area contributed by atoms with Gasteiger partial charge < -0.3 is 5.32 Å². The molecule has 2 saturated carbocycles. The average molecular weight is 259 g/mol. The fraction of sp³-hybridized carbons (Fsp3) is 1.00. The molecule has 2 rings (SSSR count). The van der Waals surface area contributed by atoms with Crippen LogP contribution in [0.1, 0.15) is 51.9 Å². The second-order valence-electron chi connectivity index (χ2n) is 6.00. The Morgan fingerprint density at radius 3 is 2.35 bits per heavy atom. The predicted octanol–water partition coefficient (Wildman–Crippen LogP) is 2.12. The first kappa shape index (κ1) is 13.3. The summed E-state index contributed by atoms with van der Waals surface area (Å²) in [4.78, 5) is 0. The maximum absolute atomic E-state index is 11.6. The maximum Gasteiger partial charge on any atom is 0.150 e. The molecule has 2 aliphatic carbocycles. The van der Waals surface area contributed by atoms with E-state index in [4.69, 9.17) is 0 Å². The summed E-state index contributed by atoms with van der Waals surface area (Å²) in [6.07, 6.45) is 9.17. The molecular weight excluding hydrogens is 234 g/mol. The molecule has 100 valence electrons. The zero-order chi connectivity index (χ0) is 12.5. The summed E-state index contributed by atoms with van der Waals surface area (Å²) in [5.74, 6) is 0.758. The highest BCUT2D eigenvalue weighted by atomic mass is 32.2. The van der Waals surface area contributed by atoms with Crippen molar-refractivity contribution in [3.05, 3.63) is 0 Å². The van der Waals surface area contributed by atoms with Gasteiger partial charge in [-0.25, -0.2) is 8.42 Å². The van der Waals surface area contributed by atoms with Gasteiger partial charge in [-0.3, -0.25) is 0 Å². The van der Waals surface area contributed by atoms with Crippen LogP contribution in [0.25, 0.3) is 0 Å². The Hall–Kier alpha value is -0.0900. The lowest BCUT2D eigenvalue weighted by Crippen LogP contribution is -2.44. The van der Waals surface area contributed by atoms with E-state index in [9.17, 15) is 8.42 Å². The van der Waals surface area contributed by atoms with E-state index in [0.29, 0.717) is 12.1 Å². The van der Waals surface area contributed by atoms with E-state index in [1.165, 1.54) is 25.5 Å². The van der Waals surface area contributed by atoms with Crippen LogP contribution in [0.15, 0.2) is 0 Å². The highest BCUT2D eigenvalue weighted by Crippen LogP contribution is 2.29. The van der Waals surface area contributed by atoms with E-state index in [2.05, 4.69) is 12.2 Å². The summed E-state index contributed by atoms with van der Waals surface area (Å²) in [5, 5.41) is 3.60. The largest absolute Gasteiger partial charge is 0.311 e. The molecular formula is C13H25NO2S. The van der Waals surface area contributed by atoms with Gasteiger partial charge in [-0.2, -0.15) is 0 Å². The molecule has 0 bridgehead atoms. The highest BCUT2D eigenvalue weighted by Gasteiger charge is 2.32. The third-order valence-corrected chi connectivity index (χ3v) is 6.18. The fourth-order valence-electron chi connectivity index (χ4n) is 3.38. The van der Waals surface area contributed by atoms with Crippen molar-refractivity contribution in [1.29, 1.82) is 0 Å². The second kappa shape index (κ2) is 5.27. The standard InChI is InChI=1S/C13H25NO2S/c1-10-5-3-8-13(10)14-11-6-4-7-12(9-11)17(2,15)16/h10-14H,3-9H2,1-2H3. The minimum atomic E-state index is -2.85. The molecule has 1 N–H and O–H groups in total. The van der Waals surface area contributed by atoms with E-state index < -0.39 is 9.84 Å². The summed E-state index contributed by atoms with van der Waals surface area (Å²) in [6.45, 7) is 2.31. The summed E-state index contributed by atoms with van der Waals surface area (Å²) in [6, 6.07) is 1.05. The van der Waals surface area contributed by atoms with Crippen molar-refractivity contribution in [3.8, 4) is 0 Å². The fourth-order valence-corrected chi connectivity index (χ4v) is 4.56. The van der Waals surface area contributed by atoms with Crippen LogP contribution < -0.4 is 5.32 Å². The van der Waals surface area contributed by atoms with Crippen molar-refractivity contribution in [2.75, 3.05) is 6.26 Å². The van der Waals surface area contributed by atoms with Gasteiger partial charge in [0.1, 0.15) is 9.84 Å². The van der Waals surface area contributed by atoms with Gasteiger partial charge in [-0.05, 0) is 38.0 Å². The smallest absolute Gasteiger partial charge is 0.150 e. The van der Waals surface area contributed by atoms with Gasteiger partial charge in [-0.15, -0.1) is 0 Å². The van der Waals surface area contributed by atoms with Crippen LogP contribution in [-0.2, 0) is 9.84 Å². The Morgan fingerprint density at radius 1 is 1.06 bits per heavy atom. The van der Waals surface area contributed by atoms with Gasteiger partial charge >= 0.3 is 0 Å². The molecule has 17 heavy (non-hydrogen) atoms. The predicted molar refractivity (Wildman–Crippen MR) is 70.8 cm³/mol. The topological polar surface area (TPSA) is 46.2 Å². The Morgan fingerprint density at radius 2 is 1.76 bits per heavy atom. The first-order valence-corrected chi connectivity index (χ1v) is 8.87. The van der Waals surface area contributed by atoms with Crippen molar-refractivity contribution in [2.45, 2.75) is 69.2 Å². The third kappa shape index (κ3) is 3.44. The van der Waals surface area contributed by atoms with Crippen LogP contribution >= 0.6 is 0 Å². The number of hydrogen-bond acceptors (Lipinski definition) is 3. The van der Waals surface area contributed by atoms with Gasteiger partial charge in [-0.1, -0.05) is 19.8 Å². The third-order valence-electron chi connectivity index (χ3n) is 4.54. The molecule has 3 nitrogen and oxygen atoms in total. The average Bonchev–Trinajstić information content (AvgIpc) is 2.64. The van der Waals surface area contributed by atoms with E-state index in [1.54, 1.807) is 0 Å². The van der Waals surface area contributed by atoms with E-state index in [0.717, 1.165) is 31.6 Å². The van der Waals surface area contributed by atoms with Gasteiger partial charge in [0.15, 0.2) is 0 Å². The molecule has 0 aromatic carbocycles. The molecule has 4 heteroatoms. The molecule has 0 heterocycles.